The van der Waals surface area contributed by atoms with Crippen molar-refractivity contribution in [2.75, 3.05) is 7.11 Å². The Kier molecular flexibility index (Phi) is 5.28. The molecule has 2 aromatic heterocycles. The van der Waals surface area contributed by atoms with Crippen LogP contribution in [0.5, 0.6) is 5.75 Å². The Bertz CT molecular complexity index is 958. The first kappa shape index (κ1) is 18.1. The Labute approximate surface area is 164 Å². The van der Waals surface area contributed by atoms with Crippen LogP contribution in [0, 0.1) is 0 Å². The van der Waals surface area contributed by atoms with Gasteiger partial charge in [0.2, 0.25) is 5.91 Å². The van der Waals surface area contributed by atoms with Crippen molar-refractivity contribution in [2.45, 2.75) is 31.7 Å². The third-order valence-electron chi connectivity index (χ3n) is 4.98. The fraction of sp³-hybridized carbons (Fsp3) is 0.273. The molecule has 6 nitrogen and oxygen atoms in total. The normalized spacial score (nSPS) is 15.5. The zero-order valence-electron chi connectivity index (χ0n) is 15.8. The first-order valence-electron chi connectivity index (χ1n) is 9.41. The summed E-state index contributed by atoms with van der Waals surface area (Å²) in [7, 11) is 1.63. The predicted octanol–water partition coefficient (Wildman–Crippen LogP) is 3.28. The fourth-order valence-electron chi connectivity index (χ4n) is 3.51. The number of nitrogens with one attached hydrogen (secondary N) is 1. The standard InChI is InChI=1S/C22H22N4O2/c1-28-17-7-5-15(6-8-17)13-21(27)25-19-3-2-4-20-18(19)14-24-22(26-20)16-9-11-23-12-10-16/h5-12,14,19H,2-4,13H2,1H3,(H,25,27)/t19-/m1/s1. The molecule has 6 heteroatoms. The smallest absolute Gasteiger partial charge is 0.224 e. The van der Waals surface area contributed by atoms with E-state index < -0.39 is 0 Å². The van der Waals surface area contributed by atoms with E-state index in [0.717, 1.165) is 47.4 Å². The lowest BCUT2D eigenvalue weighted by atomic mass is 9.92. The molecule has 142 valence electrons. The maximum atomic E-state index is 12.5. The summed E-state index contributed by atoms with van der Waals surface area (Å²) in [5, 5.41) is 3.15. The molecule has 1 aliphatic carbocycles. The molecule has 0 radical (unpaired) electrons. The Morgan fingerprint density at radius 1 is 1.18 bits per heavy atom. The molecule has 4 rings (SSSR count). The highest BCUT2D eigenvalue weighted by atomic mass is 16.5. The molecule has 1 aromatic carbocycles. The van der Waals surface area contributed by atoms with Gasteiger partial charge in [0.05, 0.1) is 19.6 Å². The zero-order chi connectivity index (χ0) is 19.3. The summed E-state index contributed by atoms with van der Waals surface area (Å²) in [6.07, 6.45) is 8.47. The summed E-state index contributed by atoms with van der Waals surface area (Å²) in [5.74, 6) is 1.49. The van der Waals surface area contributed by atoms with E-state index in [2.05, 4.69) is 15.3 Å². The van der Waals surface area contributed by atoms with E-state index in [1.807, 2.05) is 42.6 Å². The molecule has 1 aliphatic rings. The largest absolute Gasteiger partial charge is 0.497 e. The molecule has 3 aromatic rings. The van der Waals surface area contributed by atoms with Gasteiger partial charge in [0.15, 0.2) is 5.82 Å². The molecule has 0 fully saturated rings. The first-order valence-corrected chi connectivity index (χ1v) is 9.41. The van der Waals surface area contributed by atoms with Crippen LogP contribution in [0.4, 0.5) is 0 Å². The van der Waals surface area contributed by atoms with Crippen molar-refractivity contribution in [1.82, 2.24) is 20.3 Å². The number of rotatable bonds is 5. The van der Waals surface area contributed by atoms with Gasteiger partial charge in [0.1, 0.15) is 5.75 Å². The maximum absolute atomic E-state index is 12.5. The molecular weight excluding hydrogens is 352 g/mol. The number of carbonyl (C=O) groups excluding carboxylic acids is 1. The third kappa shape index (κ3) is 4.01. The quantitative estimate of drug-likeness (QED) is 0.742. The van der Waals surface area contributed by atoms with E-state index in [1.165, 1.54) is 0 Å². The molecule has 1 amide bonds. The van der Waals surface area contributed by atoms with Crippen LogP contribution in [0.1, 0.15) is 35.7 Å². The number of ether oxygens (including phenoxy) is 1. The van der Waals surface area contributed by atoms with Crippen LogP contribution in [0.3, 0.4) is 0 Å². The number of amides is 1. The van der Waals surface area contributed by atoms with Crippen LogP contribution in [-0.4, -0.2) is 28.0 Å². The van der Waals surface area contributed by atoms with Gasteiger partial charge in [0, 0.05) is 35.4 Å². The number of benzene rings is 1. The summed E-state index contributed by atoms with van der Waals surface area (Å²) in [6.45, 7) is 0. The van der Waals surface area contributed by atoms with Gasteiger partial charge in [-0.25, -0.2) is 9.97 Å². The number of hydrogen-bond donors (Lipinski definition) is 1. The molecule has 0 aliphatic heterocycles. The molecule has 0 spiro atoms. The van der Waals surface area contributed by atoms with E-state index in [4.69, 9.17) is 9.72 Å². The van der Waals surface area contributed by atoms with Crippen LogP contribution in [-0.2, 0) is 17.6 Å². The predicted molar refractivity (Wildman–Crippen MR) is 106 cm³/mol. The minimum Gasteiger partial charge on any atom is -0.497 e. The van der Waals surface area contributed by atoms with Crippen molar-refractivity contribution in [2.24, 2.45) is 0 Å². The highest BCUT2D eigenvalue weighted by molar-refractivity contribution is 5.79. The van der Waals surface area contributed by atoms with Crippen molar-refractivity contribution >= 4 is 5.91 Å². The Morgan fingerprint density at radius 2 is 1.96 bits per heavy atom. The Morgan fingerprint density at radius 3 is 2.71 bits per heavy atom. The van der Waals surface area contributed by atoms with Crippen LogP contribution in [0.15, 0.2) is 55.0 Å². The molecular formula is C22H22N4O2. The molecule has 1 atom stereocenters. The molecule has 1 N–H and O–H groups in total. The number of pyridine rings is 1. The van der Waals surface area contributed by atoms with Crippen molar-refractivity contribution in [1.29, 1.82) is 0 Å². The third-order valence-corrected chi connectivity index (χ3v) is 4.98. The number of carbonyl (C=O) groups is 1. The maximum Gasteiger partial charge on any atom is 0.224 e. The number of hydrogen-bond acceptors (Lipinski definition) is 5. The Balaban J connectivity index is 1.47. The summed E-state index contributed by atoms with van der Waals surface area (Å²) in [6, 6.07) is 11.3. The molecule has 0 saturated carbocycles. The molecule has 0 unspecified atom stereocenters. The molecule has 2 heterocycles. The van der Waals surface area contributed by atoms with Crippen LogP contribution in [0.25, 0.3) is 11.4 Å². The lowest BCUT2D eigenvalue weighted by Gasteiger charge is -2.25. The van der Waals surface area contributed by atoms with Gasteiger partial charge in [-0.2, -0.15) is 0 Å². The molecule has 28 heavy (non-hydrogen) atoms. The van der Waals surface area contributed by atoms with Gasteiger partial charge < -0.3 is 10.1 Å². The second-order valence-electron chi connectivity index (χ2n) is 6.87. The van der Waals surface area contributed by atoms with Gasteiger partial charge in [-0.05, 0) is 49.1 Å². The summed E-state index contributed by atoms with van der Waals surface area (Å²) < 4.78 is 5.16. The molecule has 0 bridgehead atoms. The van der Waals surface area contributed by atoms with Crippen molar-refractivity contribution < 1.29 is 9.53 Å². The Hall–Kier alpha value is -3.28. The minimum absolute atomic E-state index is 0.00114. The number of fused-ring (bicyclic) bond motifs is 1. The van der Waals surface area contributed by atoms with Gasteiger partial charge in [-0.3, -0.25) is 9.78 Å². The van der Waals surface area contributed by atoms with Gasteiger partial charge in [-0.1, -0.05) is 12.1 Å². The van der Waals surface area contributed by atoms with E-state index >= 15 is 0 Å². The number of aromatic nitrogens is 3. The summed E-state index contributed by atoms with van der Waals surface area (Å²) in [5.41, 5.74) is 3.94. The van der Waals surface area contributed by atoms with Gasteiger partial charge >= 0.3 is 0 Å². The van der Waals surface area contributed by atoms with E-state index in [1.54, 1.807) is 19.5 Å². The van der Waals surface area contributed by atoms with Crippen LogP contribution < -0.4 is 10.1 Å². The van der Waals surface area contributed by atoms with E-state index in [9.17, 15) is 4.79 Å². The van der Waals surface area contributed by atoms with Crippen LogP contribution in [0.2, 0.25) is 0 Å². The van der Waals surface area contributed by atoms with Crippen molar-refractivity contribution in [3.63, 3.8) is 0 Å². The van der Waals surface area contributed by atoms with Gasteiger partial charge in [0.25, 0.3) is 0 Å². The monoisotopic (exact) mass is 374 g/mol. The van der Waals surface area contributed by atoms with Crippen molar-refractivity contribution in [3.8, 4) is 17.1 Å². The number of methoxy groups -OCH3 is 1. The lowest BCUT2D eigenvalue weighted by molar-refractivity contribution is -0.121. The average molecular weight is 374 g/mol. The number of nitrogens with zero attached hydrogens (tertiary/aromatic N) is 3. The average Bonchev–Trinajstić information content (AvgIpc) is 2.75. The van der Waals surface area contributed by atoms with Crippen molar-refractivity contribution in [3.05, 3.63) is 71.8 Å². The first-order chi connectivity index (χ1) is 13.7. The van der Waals surface area contributed by atoms with E-state index in [-0.39, 0.29) is 11.9 Å². The minimum atomic E-state index is -0.0408. The second kappa shape index (κ2) is 8.17. The SMILES string of the molecule is COc1ccc(CC(=O)N[C@@H]2CCCc3nc(-c4ccncc4)ncc32)cc1. The topological polar surface area (TPSA) is 77.0 Å². The second-order valence-corrected chi connectivity index (χ2v) is 6.87. The lowest BCUT2D eigenvalue weighted by Crippen LogP contribution is -2.32. The summed E-state index contributed by atoms with van der Waals surface area (Å²) >= 11 is 0. The van der Waals surface area contributed by atoms with Gasteiger partial charge in [-0.15, -0.1) is 0 Å². The van der Waals surface area contributed by atoms with E-state index in [0.29, 0.717) is 12.2 Å². The fourth-order valence-corrected chi connectivity index (χ4v) is 3.51. The van der Waals surface area contributed by atoms with Crippen LogP contribution >= 0.6 is 0 Å². The summed E-state index contributed by atoms with van der Waals surface area (Å²) in [4.78, 5) is 25.8. The molecule has 0 saturated heterocycles. The highest BCUT2D eigenvalue weighted by Crippen LogP contribution is 2.29. The highest BCUT2D eigenvalue weighted by Gasteiger charge is 2.24. The number of aryl methyl sites for hydroxylation is 1. The zero-order valence-corrected chi connectivity index (χ0v) is 15.8.